The quantitative estimate of drug-likeness (QED) is 0.680. The number of carbonyl (C=O) groups is 1. The number of halogens is 1. The van der Waals surface area contributed by atoms with E-state index < -0.39 is 0 Å². The summed E-state index contributed by atoms with van der Waals surface area (Å²) in [7, 11) is 1.62. The number of nitrogens with one attached hydrogen (secondary N) is 1. The molecule has 1 N–H and O–H groups in total. The number of ether oxygens (including phenoxy) is 1. The zero-order valence-electron chi connectivity index (χ0n) is 15.7. The molecule has 1 fully saturated rings. The number of aromatic nitrogens is 3. The van der Waals surface area contributed by atoms with Crippen molar-refractivity contribution in [2.45, 2.75) is 25.8 Å². The molecular formula is C21H21ClN4O2. The fourth-order valence-corrected chi connectivity index (χ4v) is 3.42. The van der Waals surface area contributed by atoms with E-state index in [1.54, 1.807) is 11.8 Å². The van der Waals surface area contributed by atoms with Crippen LogP contribution in [0.4, 0.5) is 0 Å². The minimum absolute atomic E-state index is 0.0460. The van der Waals surface area contributed by atoms with Gasteiger partial charge in [-0.25, -0.2) is 4.68 Å². The van der Waals surface area contributed by atoms with Crippen LogP contribution in [0.25, 0.3) is 5.69 Å². The van der Waals surface area contributed by atoms with Crippen molar-refractivity contribution in [2.24, 2.45) is 5.92 Å². The molecule has 3 aromatic rings. The van der Waals surface area contributed by atoms with Crippen molar-refractivity contribution in [2.75, 3.05) is 7.11 Å². The molecule has 0 spiro atoms. The summed E-state index contributed by atoms with van der Waals surface area (Å²) in [6.45, 7) is 1.84. The van der Waals surface area contributed by atoms with Crippen molar-refractivity contribution in [3.63, 3.8) is 0 Å². The van der Waals surface area contributed by atoms with Gasteiger partial charge in [-0.1, -0.05) is 28.9 Å². The van der Waals surface area contributed by atoms with Crippen LogP contribution in [0.1, 0.15) is 40.6 Å². The Morgan fingerprint density at radius 1 is 1.18 bits per heavy atom. The molecule has 2 aromatic carbocycles. The molecule has 28 heavy (non-hydrogen) atoms. The van der Waals surface area contributed by atoms with Gasteiger partial charge in [0.25, 0.3) is 5.91 Å². The predicted molar refractivity (Wildman–Crippen MR) is 107 cm³/mol. The first-order valence-corrected chi connectivity index (χ1v) is 9.57. The van der Waals surface area contributed by atoms with Crippen LogP contribution >= 0.6 is 11.6 Å². The van der Waals surface area contributed by atoms with Crippen LogP contribution in [0.15, 0.2) is 48.5 Å². The summed E-state index contributed by atoms with van der Waals surface area (Å²) in [6, 6.07) is 15.0. The number of nitrogens with zero attached hydrogens (tertiary/aromatic N) is 3. The molecule has 1 aromatic heterocycles. The molecule has 1 heterocycles. The zero-order chi connectivity index (χ0) is 19.7. The summed E-state index contributed by atoms with van der Waals surface area (Å²) in [5.41, 5.74) is 2.89. The Kier molecular flexibility index (Phi) is 5.05. The van der Waals surface area contributed by atoms with Crippen molar-refractivity contribution in [1.29, 1.82) is 0 Å². The predicted octanol–water partition coefficient (Wildman–Crippen LogP) is 4.12. The van der Waals surface area contributed by atoms with Gasteiger partial charge in [0.1, 0.15) is 5.75 Å². The minimum Gasteiger partial charge on any atom is -0.497 e. The average molecular weight is 397 g/mol. The maximum atomic E-state index is 12.9. The number of carbonyl (C=O) groups excluding carboxylic acids is 1. The van der Waals surface area contributed by atoms with Crippen LogP contribution < -0.4 is 10.1 Å². The summed E-state index contributed by atoms with van der Waals surface area (Å²) in [6.07, 6.45) is 2.20. The van der Waals surface area contributed by atoms with Gasteiger partial charge in [0.15, 0.2) is 5.69 Å². The molecule has 1 amide bonds. The molecule has 1 aliphatic carbocycles. The van der Waals surface area contributed by atoms with Crippen LogP contribution in [-0.4, -0.2) is 28.0 Å². The van der Waals surface area contributed by atoms with Gasteiger partial charge in [-0.05, 0) is 67.6 Å². The van der Waals surface area contributed by atoms with Crippen molar-refractivity contribution < 1.29 is 9.53 Å². The Morgan fingerprint density at radius 2 is 1.86 bits per heavy atom. The van der Waals surface area contributed by atoms with E-state index >= 15 is 0 Å². The van der Waals surface area contributed by atoms with Crippen LogP contribution in [0, 0.1) is 12.8 Å². The largest absolute Gasteiger partial charge is 0.497 e. The van der Waals surface area contributed by atoms with Gasteiger partial charge in [-0.15, -0.1) is 5.10 Å². The van der Waals surface area contributed by atoms with Crippen molar-refractivity contribution >= 4 is 17.5 Å². The van der Waals surface area contributed by atoms with E-state index in [9.17, 15) is 4.79 Å². The lowest BCUT2D eigenvalue weighted by molar-refractivity contribution is 0.0926. The fraction of sp³-hybridized carbons (Fsp3) is 0.286. The fourth-order valence-electron chi connectivity index (χ4n) is 3.29. The highest BCUT2D eigenvalue weighted by atomic mass is 35.5. The molecule has 0 saturated heterocycles. The molecule has 0 aliphatic heterocycles. The Bertz CT molecular complexity index is 979. The van der Waals surface area contributed by atoms with Crippen LogP contribution in [0.5, 0.6) is 5.75 Å². The highest BCUT2D eigenvalue weighted by molar-refractivity contribution is 6.30. The lowest BCUT2D eigenvalue weighted by atomic mass is 10.0. The van der Waals surface area contributed by atoms with Crippen molar-refractivity contribution in [3.8, 4) is 11.4 Å². The Hall–Kier alpha value is -2.86. The second kappa shape index (κ2) is 7.64. The van der Waals surface area contributed by atoms with Crippen LogP contribution in [0.3, 0.4) is 0 Å². The first-order chi connectivity index (χ1) is 13.6. The molecule has 1 unspecified atom stereocenters. The van der Waals surface area contributed by atoms with E-state index in [1.807, 2.05) is 55.5 Å². The molecule has 4 rings (SSSR count). The van der Waals surface area contributed by atoms with E-state index in [0.717, 1.165) is 29.8 Å². The minimum atomic E-state index is -0.218. The van der Waals surface area contributed by atoms with Gasteiger partial charge < -0.3 is 10.1 Å². The molecule has 1 atom stereocenters. The summed E-state index contributed by atoms with van der Waals surface area (Å²) < 4.78 is 6.84. The molecule has 1 aliphatic rings. The third-order valence-corrected chi connectivity index (χ3v) is 5.29. The number of rotatable bonds is 6. The summed E-state index contributed by atoms with van der Waals surface area (Å²) in [4.78, 5) is 12.9. The summed E-state index contributed by atoms with van der Waals surface area (Å²) >= 11 is 6.00. The van der Waals surface area contributed by atoms with Gasteiger partial charge >= 0.3 is 0 Å². The molecule has 0 bridgehead atoms. The number of methoxy groups -OCH3 is 1. The monoisotopic (exact) mass is 396 g/mol. The summed E-state index contributed by atoms with van der Waals surface area (Å²) in [5, 5.41) is 12.1. The Labute approximate surface area is 168 Å². The maximum Gasteiger partial charge on any atom is 0.274 e. The first kappa shape index (κ1) is 18.5. The van der Waals surface area contributed by atoms with E-state index in [-0.39, 0.29) is 11.9 Å². The Balaban J connectivity index is 1.56. The number of amides is 1. The number of hydrogen-bond donors (Lipinski definition) is 1. The van der Waals surface area contributed by atoms with Crippen LogP contribution in [-0.2, 0) is 0 Å². The molecule has 6 nitrogen and oxygen atoms in total. The van der Waals surface area contributed by atoms with Crippen molar-refractivity contribution in [1.82, 2.24) is 20.3 Å². The SMILES string of the molecule is COc1ccc(-n2nnc(C(=O)NC(c3ccc(Cl)cc3)C3CC3)c2C)cc1. The van der Waals surface area contributed by atoms with E-state index in [4.69, 9.17) is 16.3 Å². The maximum absolute atomic E-state index is 12.9. The van der Waals surface area contributed by atoms with Gasteiger partial charge in [-0.3, -0.25) is 4.79 Å². The van der Waals surface area contributed by atoms with E-state index in [1.165, 1.54) is 0 Å². The van der Waals surface area contributed by atoms with Gasteiger partial charge in [-0.2, -0.15) is 0 Å². The molecular weight excluding hydrogens is 376 g/mol. The smallest absolute Gasteiger partial charge is 0.274 e. The molecule has 7 heteroatoms. The van der Waals surface area contributed by atoms with E-state index in [0.29, 0.717) is 22.3 Å². The van der Waals surface area contributed by atoms with Gasteiger partial charge in [0, 0.05) is 5.02 Å². The van der Waals surface area contributed by atoms with Crippen molar-refractivity contribution in [3.05, 3.63) is 70.5 Å². The van der Waals surface area contributed by atoms with Gasteiger partial charge in [0.2, 0.25) is 0 Å². The molecule has 144 valence electrons. The number of hydrogen-bond acceptors (Lipinski definition) is 4. The zero-order valence-corrected chi connectivity index (χ0v) is 16.5. The molecule has 1 saturated carbocycles. The summed E-state index contributed by atoms with van der Waals surface area (Å²) in [5.74, 6) is 0.987. The third kappa shape index (κ3) is 3.73. The highest BCUT2D eigenvalue weighted by Crippen LogP contribution is 2.41. The third-order valence-electron chi connectivity index (χ3n) is 5.04. The second-order valence-electron chi connectivity index (χ2n) is 6.97. The first-order valence-electron chi connectivity index (χ1n) is 9.20. The van der Waals surface area contributed by atoms with Crippen LogP contribution in [0.2, 0.25) is 5.02 Å². The highest BCUT2D eigenvalue weighted by Gasteiger charge is 2.34. The average Bonchev–Trinajstić information content (AvgIpc) is 3.48. The number of benzene rings is 2. The Morgan fingerprint density at radius 3 is 2.46 bits per heavy atom. The lowest BCUT2D eigenvalue weighted by Crippen LogP contribution is -2.30. The van der Waals surface area contributed by atoms with Gasteiger partial charge in [0.05, 0.1) is 24.5 Å². The lowest BCUT2D eigenvalue weighted by Gasteiger charge is -2.18. The molecule has 0 radical (unpaired) electrons. The van der Waals surface area contributed by atoms with E-state index in [2.05, 4.69) is 15.6 Å². The standard InChI is InChI=1S/C21H21ClN4O2/c1-13-19(24-25-26(13)17-9-11-18(28-2)12-10-17)21(27)23-20(14-3-4-14)15-5-7-16(22)8-6-15/h5-12,14,20H,3-4H2,1-2H3,(H,23,27). The second-order valence-corrected chi connectivity index (χ2v) is 7.41. The topological polar surface area (TPSA) is 69.0 Å². The normalized spacial score (nSPS) is 14.5.